The fourth-order valence-corrected chi connectivity index (χ4v) is 2.94. The Hall–Kier alpha value is -0.370. The van der Waals surface area contributed by atoms with E-state index >= 15 is 0 Å². The van der Waals surface area contributed by atoms with Crippen LogP contribution >= 0.6 is 0 Å². The third-order valence-electron chi connectivity index (χ3n) is 3.32. The summed E-state index contributed by atoms with van der Waals surface area (Å²) < 4.78 is 36.5. The van der Waals surface area contributed by atoms with Crippen LogP contribution in [-0.2, 0) is 14.9 Å². The van der Waals surface area contributed by atoms with E-state index in [9.17, 15) is 34.0 Å². The zero-order valence-electron chi connectivity index (χ0n) is 10.4. The second kappa shape index (κ2) is 5.79. The van der Waals surface area contributed by atoms with E-state index < -0.39 is 58.3 Å². The lowest BCUT2D eigenvalue weighted by Gasteiger charge is -2.45. The molecule has 0 bridgehead atoms. The maximum Gasteiger partial charge on any atom is 0.300 e. The van der Waals surface area contributed by atoms with Gasteiger partial charge in [0.2, 0.25) is 4.93 Å². The summed E-state index contributed by atoms with van der Waals surface area (Å²) in [6.07, 6.45) is -11.4. The van der Waals surface area contributed by atoms with E-state index in [0.717, 1.165) is 0 Å². The molecule has 1 fully saturated rings. The Morgan fingerprint density at radius 3 is 2.10 bits per heavy atom. The average Bonchev–Trinajstić information content (AvgIpc) is 2.37. The van der Waals surface area contributed by atoms with Crippen LogP contribution in [0, 0.1) is 0 Å². The molecular formula is C9H18O10S. The molecule has 11 heteroatoms. The van der Waals surface area contributed by atoms with Gasteiger partial charge in [-0.3, -0.25) is 4.55 Å². The van der Waals surface area contributed by atoms with Gasteiger partial charge in [-0.2, -0.15) is 8.42 Å². The first-order valence-corrected chi connectivity index (χ1v) is 7.10. The maximum absolute atomic E-state index is 11.3. The Bertz CT molecular complexity index is 438. The van der Waals surface area contributed by atoms with Gasteiger partial charge in [0.1, 0.15) is 30.5 Å². The Balaban J connectivity index is 3.28. The lowest BCUT2D eigenvalue weighted by atomic mass is 9.90. The Morgan fingerprint density at radius 1 is 1.20 bits per heavy atom. The molecule has 1 aliphatic rings. The SMILES string of the molecule is C[C@H]1OC(C(O)(C(O)CO)S(=O)(=O)O)[C@H](O)[C@@H](O)[C@@H]1O. The average molecular weight is 318 g/mol. The van der Waals surface area contributed by atoms with Gasteiger partial charge in [-0.25, -0.2) is 0 Å². The van der Waals surface area contributed by atoms with Gasteiger partial charge in [0, 0.05) is 0 Å². The Kier molecular flexibility index (Phi) is 5.12. The molecule has 0 aromatic carbocycles. The highest BCUT2D eigenvalue weighted by Gasteiger charge is 2.61. The van der Waals surface area contributed by atoms with E-state index in [2.05, 4.69) is 0 Å². The largest absolute Gasteiger partial charge is 0.394 e. The maximum atomic E-state index is 11.3. The summed E-state index contributed by atoms with van der Waals surface area (Å²) in [5, 5.41) is 57.0. The second-order valence-corrected chi connectivity index (χ2v) is 6.26. The number of hydrogen-bond donors (Lipinski definition) is 7. The molecule has 0 radical (unpaired) electrons. The zero-order valence-corrected chi connectivity index (χ0v) is 11.3. The molecule has 0 spiro atoms. The van der Waals surface area contributed by atoms with Crippen molar-refractivity contribution in [2.75, 3.05) is 6.61 Å². The predicted octanol–water partition coefficient (Wildman–Crippen LogP) is -4.21. The monoisotopic (exact) mass is 318 g/mol. The molecule has 7 N–H and O–H groups in total. The number of hydrogen-bond acceptors (Lipinski definition) is 9. The quantitative estimate of drug-likeness (QED) is 0.250. The predicted molar refractivity (Wildman–Crippen MR) is 61.9 cm³/mol. The van der Waals surface area contributed by atoms with Crippen LogP contribution in [0.5, 0.6) is 0 Å². The molecule has 1 saturated heterocycles. The van der Waals surface area contributed by atoms with Crippen LogP contribution in [0.2, 0.25) is 0 Å². The van der Waals surface area contributed by atoms with Crippen LogP contribution in [0.25, 0.3) is 0 Å². The van der Waals surface area contributed by atoms with E-state index in [4.69, 9.17) is 14.4 Å². The highest BCUT2D eigenvalue weighted by molar-refractivity contribution is 7.87. The van der Waals surface area contributed by atoms with Gasteiger partial charge in [-0.1, -0.05) is 0 Å². The molecule has 0 aromatic rings. The first kappa shape index (κ1) is 17.7. The van der Waals surface area contributed by atoms with E-state index in [1.54, 1.807) is 0 Å². The summed E-state index contributed by atoms with van der Waals surface area (Å²) in [5.74, 6) is 0. The summed E-state index contributed by atoms with van der Waals surface area (Å²) >= 11 is 0. The van der Waals surface area contributed by atoms with Crippen LogP contribution in [0.1, 0.15) is 6.92 Å². The molecule has 0 amide bonds. The first-order chi connectivity index (χ1) is 8.98. The molecule has 120 valence electrons. The van der Waals surface area contributed by atoms with Crippen molar-refractivity contribution in [1.29, 1.82) is 0 Å². The molecule has 1 aliphatic heterocycles. The van der Waals surface area contributed by atoms with Crippen molar-refractivity contribution in [2.24, 2.45) is 0 Å². The molecule has 7 atom stereocenters. The summed E-state index contributed by atoms with van der Waals surface area (Å²) in [7, 11) is -5.40. The molecular weight excluding hydrogens is 300 g/mol. The molecule has 1 rings (SSSR count). The second-order valence-electron chi connectivity index (χ2n) is 4.66. The van der Waals surface area contributed by atoms with Crippen LogP contribution < -0.4 is 0 Å². The van der Waals surface area contributed by atoms with E-state index in [0.29, 0.717) is 0 Å². The van der Waals surface area contributed by atoms with Crippen molar-refractivity contribution < 1.29 is 48.3 Å². The van der Waals surface area contributed by atoms with Crippen molar-refractivity contribution in [3.05, 3.63) is 0 Å². The highest BCUT2D eigenvalue weighted by atomic mass is 32.2. The Morgan fingerprint density at radius 2 is 1.70 bits per heavy atom. The number of aliphatic hydroxyl groups is 6. The first-order valence-electron chi connectivity index (χ1n) is 5.66. The fourth-order valence-electron chi connectivity index (χ4n) is 2.03. The number of aliphatic hydroxyl groups excluding tert-OH is 5. The standard InChI is InChI=1S/C9H18O10S/c1-3-5(12)6(13)7(14)8(19-3)9(15,4(11)2-10)20(16,17)18/h3-8,10-15H,2H2,1H3,(H,16,17,18)/t3-,4?,5-,6+,7-,8?,9?/m1/s1. The summed E-state index contributed by atoms with van der Waals surface area (Å²) in [6, 6.07) is 0. The Labute approximate surface area is 114 Å². The van der Waals surface area contributed by atoms with Crippen LogP contribution in [0.3, 0.4) is 0 Å². The van der Waals surface area contributed by atoms with Gasteiger partial charge >= 0.3 is 10.1 Å². The van der Waals surface area contributed by atoms with E-state index in [1.165, 1.54) is 6.92 Å². The van der Waals surface area contributed by atoms with E-state index in [1.807, 2.05) is 0 Å². The fraction of sp³-hybridized carbons (Fsp3) is 1.00. The van der Waals surface area contributed by atoms with Crippen LogP contribution in [0.15, 0.2) is 0 Å². The third kappa shape index (κ3) is 2.68. The van der Waals surface area contributed by atoms with Gasteiger partial charge in [0.15, 0.2) is 0 Å². The minimum absolute atomic E-state index is 1.21. The lowest BCUT2D eigenvalue weighted by Crippen LogP contribution is -2.70. The summed E-state index contributed by atoms with van der Waals surface area (Å²) in [6.45, 7) is -0.0571. The number of ether oxygens (including phenoxy) is 1. The van der Waals surface area contributed by atoms with Gasteiger partial charge < -0.3 is 35.4 Å². The highest BCUT2D eigenvalue weighted by Crippen LogP contribution is 2.33. The zero-order chi connectivity index (χ0) is 15.9. The molecule has 0 saturated carbocycles. The molecule has 10 nitrogen and oxygen atoms in total. The van der Waals surface area contributed by atoms with Crippen molar-refractivity contribution in [1.82, 2.24) is 0 Å². The van der Waals surface area contributed by atoms with Crippen molar-refractivity contribution >= 4 is 10.1 Å². The number of rotatable bonds is 4. The minimum Gasteiger partial charge on any atom is -0.394 e. The van der Waals surface area contributed by atoms with Gasteiger partial charge in [0.25, 0.3) is 0 Å². The van der Waals surface area contributed by atoms with Crippen LogP contribution in [0.4, 0.5) is 0 Å². The molecule has 1 heterocycles. The molecule has 0 aromatic heterocycles. The van der Waals surface area contributed by atoms with Crippen molar-refractivity contribution in [2.45, 2.75) is 48.5 Å². The molecule has 0 aliphatic carbocycles. The normalized spacial score (nSPS) is 40.1. The van der Waals surface area contributed by atoms with Gasteiger partial charge in [-0.15, -0.1) is 0 Å². The van der Waals surface area contributed by atoms with Gasteiger partial charge in [-0.05, 0) is 6.92 Å². The summed E-state index contributed by atoms with van der Waals surface area (Å²) in [4.78, 5) is -3.48. The van der Waals surface area contributed by atoms with Gasteiger partial charge in [0.05, 0.1) is 12.7 Å². The third-order valence-corrected chi connectivity index (χ3v) is 4.65. The smallest absolute Gasteiger partial charge is 0.300 e. The molecule has 20 heavy (non-hydrogen) atoms. The van der Waals surface area contributed by atoms with E-state index in [-0.39, 0.29) is 0 Å². The minimum atomic E-state index is -5.40. The topological polar surface area (TPSA) is 185 Å². The van der Waals surface area contributed by atoms with Crippen molar-refractivity contribution in [3.63, 3.8) is 0 Å². The summed E-state index contributed by atoms with van der Waals surface area (Å²) in [5.41, 5.74) is 0. The van der Waals surface area contributed by atoms with Crippen LogP contribution in [-0.4, -0.2) is 91.8 Å². The molecule has 3 unspecified atom stereocenters. The van der Waals surface area contributed by atoms with Crippen molar-refractivity contribution in [3.8, 4) is 0 Å². The lowest BCUT2D eigenvalue weighted by molar-refractivity contribution is -0.260.